The average Bonchev–Trinajstić information content (AvgIpc) is 1.48. The number of hydrogen-bond donors (Lipinski definition) is 1. The molecule has 1 spiro atoms. The minimum atomic E-state index is -2.60. The monoisotopic (exact) mass is 1310 g/mol. The Hall–Kier alpha value is -1.69. The minimum absolute atomic E-state index is 0.0461. The van der Waals surface area contributed by atoms with Crippen LogP contribution in [0.2, 0.25) is 93.7 Å². The Kier molecular flexibility index (Phi) is 27.2. The van der Waals surface area contributed by atoms with Crippen LogP contribution in [-0.4, -0.2) is 135 Å². The van der Waals surface area contributed by atoms with Gasteiger partial charge in [-0.2, -0.15) is 0 Å². The molecule has 89 heavy (non-hydrogen) atoms. The van der Waals surface area contributed by atoms with Gasteiger partial charge in [0, 0.05) is 78.7 Å². The molecule has 5 aliphatic carbocycles. The van der Waals surface area contributed by atoms with E-state index in [0.29, 0.717) is 56.3 Å². The zero-order valence-corrected chi connectivity index (χ0v) is 63.2. The van der Waals surface area contributed by atoms with E-state index in [1.807, 2.05) is 24.3 Å². The van der Waals surface area contributed by atoms with E-state index in [-0.39, 0.29) is 76.3 Å². The third-order valence-electron chi connectivity index (χ3n) is 22.1. The topological polar surface area (TPSA) is 122 Å². The summed E-state index contributed by atoms with van der Waals surface area (Å²) >= 11 is 0. The maximum Gasteiger partial charge on any atom is 0.200 e. The summed E-state index contributed by atoms with van der Waals surface area (Å²) in [5, 5.41) is 14.9. The van der Waals surface area contributed by atoms with Gasteiger partial charge in [0.05, 0.1) is 49.8 Å². The van der Waals surface area contributed by atoms with Crippen molar-refractivity contribution in [1.29, 1.82) is 0 Å². The van der Waals surface area contributed by atoms with Crippen LogP contribution in [0.1, 0.15) is 125 Å². The third-order valence-corrected chi connectivity index (χ3v) is 33.3. The molecule has 2 aromatic rings. The first-order valence-corrected chi connectivity index (χ1v) is 47.9. The predicted molar refractivity (Wildman–Crippen MR) is 372 cm³/mol. The van der Waals surface area contributed by atoms with Gasteiger partial charge >= 0.3 is 0 Å². The Labute approximate surface area is 545 Å². The molecule has 0 unspecified atom stereocenters. The second-order valence-electron chi connectivity index (χ2n) is 32.9. The van der Waals surface area contributed by atoms with Gasteiger partial charge in [-0.25, -0.2) is 0 Å². The lowest BCUT2D eigenvalue weighted by molar-refractivity contribution is -0.236. The number of aliphatic hydroxyl groups is 1. The van der Waals surface area contributed by atoms with Crippen LogP contribution in [0.5, 0.6) is 0 Å². The Morgan fingerprint density at radius 1 is 0.607 bits per heavy atom. The van der Waals surface area contributed by atoms with Gasteiger partial charge < -0.3 is 56.9 Å². The van der Waals surface area contributed by atoms with E-state index >= 15 is 0 Å². The van der Waals surface area contributed by atoms with E-state index in [1.54, 1.807) is 0 Å². The molecular weight excluding hydrogens is 1180 g/mol. The first-order chi connectivity index (χ1) is 42.0. The summed E-state index contributed by atoms with van der Waals surface area (Å²) < 4.78 is 77.5. The van der Waals surface area contributed by atoms with Crippen molar-refractivity contribution in [2.24, 2.45) is 45.8 Å². The standard InChI is InChI=1S/C73H126O12Si4/c1-54(2)60-33-34-62(66(60)81-52-79-46-59-29-24-21-25-30-59)61-31-26-32-63(61)67(74)73(48-80-49-78-45-58-27-22-20-23-28-58)65-36-37-71(73,47-85-89(55(3)4,56(5)6)57(7)8)69(83-51-76-40-43-87(14,15)16)72(65)38-35-64(68(72)82-50-75-39-42-86(11,12)13)70(9,10)84-53-77-41-44-88(17,18)19/h20-25,27-30,32,55-57,60-62,64-69,74H,1,26,31,33-53H2,2-19H3/t60-,61-,62+,64+,65+,66+,67-,68-,69+,71+,72+,73-/m0/s1. The van der Waals surface area contributed by atoms with Crippen LogP contribution in [0.3, 0.4) is 0 Å². The first-order valence-electron chi connectivity index (χ1n) is 34.7. The number of hydrogen-bond acceptors (Lipinski definition) is 12. The largest absolute Gasteiger partial charge is 0.415 e. The summed E-state index contributed by atoms with van der Waals surface area (Å²) in [6.45, 7) is 51.2. The molecule has 5 aliphatic rings. The highest BCUT2D eigenvalue weighted by molar-refractivity contribution is 6.78. The van der Waals surface area contributed by atoms with Crippen LogP contribution in [0.25, 0.3) is 0 Å². The molecule has 2 aromatic carbocycles. The molecule has 506 valence electrons. The summed E-state index contributed by atoms with van der Waals surface area (Å²) in [6, 6.07) is 23.8. The van der Waals surface area contributed by atoms with Crippen LogP contribution in [-0.2, 0) is 65.0 Å². The molecule has 16 heteroatoms. The molecule has 4 fully saturated rings. The lowest BCUT2D eigenvalue weighted by atomic mass is 9.60. The average molecular weight is 1310 g/mol. The number of aliphatic hydroxyl groups excluding tert-OH is 1. The SMILES string of the molecule is C=C(C)[C@@H]1CC[C@H]([C@@H]2CCC=C2[C@H](O)[C@]2(COCOCc3ccccc3)[C@@H]3CC[C@@]2(CO[Si](C(C)C)(C(C)C)C(C)C)[C@@H](OCOCC[Si](C)(C)C)[C@]32CC[C@@H](C(C)(C)OCOCC[Si](C)(C)C)[C@@H]2OCOCC[Si](C)(C)C)[C@@H]1OCOCc1ccccc1. The highest BCUT2D eigenvalue weighted by Crippen LogP contribution is 2.80. The molecule has 0 saturated heterocycles. The van der Waals surface area contributed by atoms with Crippen molar-refractivity contribution >= 4 is 32.5 Å². The van der Waals surface area contributed by atoms with E-state index in [0.717, 1.165) is 91.8 Å². The zero-order valence-electron chi connectivity index (χ0n) is 59.2. The summed E-state index contributed by atoms with van der Waals surface area (Å²) in [5.41, 5.74) is 2.31. The van der Waals surface area contributed by atoms with Gasteiger partial charge in [0.15, 0.2) is 8.32 Å². The molecule has 7 rings (SSSR count). The molecule has 1 N–H and O–H groups in total. The molecule has 0 aromatic heterocycles. The lowest BCUT2D eigenvalue weighted by Crippen LogP contribution is -2.60. The lowest BCUT2D eigenvalue weighted by Gasteiger charge is -2.53. The minimum Gasteiger partial charge on any atom is -0.415 e. The Balaban J connectivity index is 1.41. The van der Waals surface area contributed by atoms with Crippen molar-refractivity contribution in [2.45, 2.75) is 251 Å². The van der Waals surface area contributed by atoms with Crippen LogP contribution in [0.4, 0.5) is 0 Å². The molecule has 0 aliphatic heterocycles. The predicted octanol–water partition coefficient (Wildman–Crippen LogP) is 17.5. The van der Waals surface area contributed by atoms with E-state index in [9.17, 15) is 5.11 Å². The van der Waals surface area contributed by atoms with Gasteiger partial charge in [-0.3, -0.25) is 0 Å². The maximum absolute atomic E-state index is 14.9. The van der Waals surface area contributed by atoms with E-state index in [4.69, 9.17) is 51.8 Å². The van der Waals surface area contributed by atoms with Crippen molar-refractivity contribution in [2.75, 3.05) is 67.0 Å². The number of benzene rings is 2. The van der Waals surface area contributed by atoms with Gasteiger partial charge in [0.25, 0.3) is 0 Å². The summed E-state index contributed by atoms with van der Waals surface area (Å²) in [7, 11) is -6.82. The zero-order chi connectivity index (χ0) is 65.1. The first kappa shape index (κ1) is 74.7. The van der Waals surface area contributed by atoms with E-state index in [1.165, 1.54) is 0 Å². The molecular formula is C73H126O12Si4. The van der Waals surface area contributed by atoms with Crippen molar-refractivity contribution in [3.8, 4) is 0 Å². The Bertz CT molecular complexity index is 2450. The van der Waals surface area contributed by atoms with Gasteiger partial charge in [-0.1, -0.05) is 179 Å². The molecule has 12 nitrogen and oxygen atoms in total. The maximum atomic E-state index is 14.9. The fourth-order valence-electron chi connectivity index (χ4n) is 17.6. The van der Waals surface area contributed by atoms with Gasteiger partial charge in [-0.05, 0) is 141 Å². The quantitative estimate of drug-likeness (QED) is 0.0296. The van der Waals surface area contributed by atoms with Crippen LogP contribution in [0.15, 0.2) is 84.5 Å². The normalized spacial score (nSPS) is 28.8. The summed E-state index contributed by atoms with van der Waals surface area (Å²) in [6.07, 6.45) is 7.41. The molecule has 4 saturated carbocycles. The van der Waals surface area contributed by atoms with Gasteiger partial charge in [-0.15, -0.1) is 0 Å². The Morgan fingerprint density at radius 3 is 1.67 bits per heavy atom. The van der Waals surface area contributed by atoms with Crippen molar-refractivity contribution in [3.05, 3.63) is 95.6 Å². The van der Waals surface area contributed by atoms with Crippen LogP contribution < -0.4 is 0 Å². The van der Waals surface area contributed by atoms with Crippen LogP contribution >= 0.6 is 0 Å². The molecule has 0 amide bonds. The second-order valence-corrected chi connectivity index (χ2v) is 55.2. The summed E-state index contributed by atoms with van der Waals surface area (Å²) in [5.74, 6) is 0.106. The third kappa shape index (κ3) is 17.9. The van der Waals surface area contributed by atoms with E-state index in [2.05, 4.69) is 170 Å². The molecule has 12 atom stereocenters. The molecule has 0 radical (unpaired) electrons. The highest BCUT2D eigenvalue weighted by atomic mass is 28.4. The fraction of sp³-hybridized carbons (Fsp3) is 0.781. The van der Waals surface area contributed by atoms with E-state index < -0.39 is 72.7 Å². The van der Waals surface area contributed by atoms with Crippen molar-refractivity contribution in [1.82, 2.24) is 0 Å². The van der Waals surface area contributed by atoms with Gasteiger partial charge in [0.2, 0.25) is 0 Å². The molecule has 0 heterocycles. The van der Waals surface area contributed by atoms with Crippen molar-refractivity contribution < 1.29 is 56.9 Å². The van der Waals surface area contributed by atoms with Gasteiger partial charge in [0.1, 0.15) is 34.0 Å². The Morgan fingerprint density at radius 2 is 1.13 bits per heavy atom. The summed E-state index contributed by atoms with van der Waals surface area (Å²) in [4.78, 5) is 0. The number of rotatable bonds is 40. The number of allylic oxidation sites excluding steroid dienone is 1. The smallest absolute Gasteiger partial charge is 0.200 e. The van der Waals surface area contributed by atoms with Crippen LogP contribution in [0, 0.1) is 45.8 Å². The van der Waals surface area contributed by atoms with Crippen molar-refractivity contribution in [3.63, 3.8) is 0 Å². The number of fused-ring (bicyclic) bond motifs is 3. The molecule has 2 bridgehead atoms. The highest BCUT2D eigenvalue weighted by Gasteiger charge is 2.84. The fourth-order valence-corrected chi connectivity index (χ4v) is 25.4. The second kappa shape index (κ2) is 32.4. The number of ether oxygens (including phenoxy) is 10.